The number of hydrogen-bond donors (Lipinski definition) is 0. The first-order chi connectivity index (χ1) is 9.69. The number of ether oxygens (including phenoxy) is 2. The third-order valence-corrected chi connectivity index (χ3v) is 4.58. The van der Waals surface area contributed by atoms with Gasteiger partial charge in [0.2, 0.25) is 0 Å². The Balaban J connectivity index is 1.89. The van der Waals surface area contributed by atoms with Crippen LogP contribution in [0.5, 0.6) is 0 Å². The molecule has 0 saturated carbocycles. The second-order valence-electron chi connectivity index (χ2n) is 6.40. The maximum Gasteiger partial charge on any atom is 0.154 e. The van der Waals surface area contributed by atoms with Gasteiger partial charge < -0.3 is 9.47 Å². The predicted molar refractivity (Wildman–Crippen MR) is 79.5 cm³/mol. The molecule has 0 N–H and O–H groups in total. The topological polar surface area (TPSA) is 21.7 Å². The zero-order valence-corrected chi connectivity index (χ0v) is 12.5. The molecule has 0 radical (unpaired) electrons. The zero-order valence-electron chi connectivity index (χ0n) is 12.5. The van der Waals surface area contributed by atoms with Crippen molar-refractivity contribution in [3.63, 3.8) is 0 Å². The van der Waals surface area contributed by atoms with Gasteiger partial charge in [-0.15, -0.1) is 0 Å². The van der Waals surface area contributed by atoms with Crippen LogP contribution in [0, 0.1) is 5.41 Å². The summed E-state index contributed by atoms with van der Waals surface area (Å²) >= 11 is 0. The molecule has 0 aliphatic carbocycles. The van der Waals surface area contributed by atoms with E-state index in [9.17, 15) is 0 Å². The maximum atomic E-state index is 5.81. The highest BCUT2D eigenvalue weighted by Gasteiger charge is 2.43. The van der Waals surface area contributed by atoms with E-state index in [-0.39, 0.29) is 11.7 Å². The first kappa shape index (κ1) is 14.1. The first-order valence-electron chi connectivity index (χ1n) is 7.71. The van der Waals surface area contributed by atoms with Crippen molar-refractivity contribution in [2.45, 2.75) is 39.0 Å². The number of likely N-dealkylation sites (tertiary alicyclic amines) is 1. The molecule has 1 aromatic carbocycles. The summed E-state index contributed by atoms with van der Waals surface area (Å²) in [6.07, 6.45) is 2.53. The van der Waals surface area contributed by atoms with Crippen molar-refractivity contribution >= 4 is 0 Å². The molecule has 2 aliphatic rings. The minimum absolute atomic E-state index is 0.0260. The molecule has 2 fully saturated rings. The number of rotatable bonds is 3. The zero-order chi connectivity index (χ0) is 14.0. The Hall–Kier alpha value is -0.900. The fourth-order valence-corrected chi connectivity index (χ4v) is 3.55. The van der Waals surface area contributed by atoms with Gasteiger partial charge in [0.1, 0.15) is 0 Å². The molecule has 0 bridgehead atoms. The molecular formula is C17H25NO2. The van der Waals surface area contributed by atoms with Crippen molar-refractivity contribution < 1.29 is 9.47 Å². The fraction of sp³-hybridized carbons (Fsp3) is 0.647. The van der Waals surface area contributed by atoms with Gasteiger partial charge in [-0.1, -0.05) is 37.3 Å². The van der Waals surface area contributed by atoms with E-state index in [2.05, 4.69) is 42.2 Å². The Morgan fingerprint density at radius 2 is 1.70 bits per heavy atom. The third kappa shape index (κ3) is 2.76. The van der Waals surface area contributed by atoms with Crippen molar-refractivity contribution in [1.82, 2.24) is 4.90 Å². The average Bonchev–Trinajstić information content (AvgIpc) is 2.98. The lowest BCUT2D eigenvalue weighted by Crippen LogP contribution is -2.48. The van der Waals surface area contributed by atoms with E-state index in [1.54, 1.807) is 0 Å². The Kier molecular flexibility index (Phi) is 4.11. The smallest absolute Gasteiger partial charge is 0.154 e. The summed E-state index contributed by atoms with van der Waals surface area (Å²) in [4.78, 5) is 2.61. The minimum atomic E-state index is -0.0712. The predicted octanol–water partition coefficient (Wildman–Crippen LogP) is 3.22. The normalized spacial score (nSPS) is 33.2. The van der Waals surface area contributed by atoms with Crippen LogP contribution in [-0.2, 0) is 9.47 Å². The van der Waals surface area contributed by atoms with Gasteiger partial charge in [0.25, 0.3) is 0 Å². The van der Waals surface area contributed by atoms with Crippen LogP contribution in [0.25, 0.3) is 0 Å². The summed E-state index contributed by atoms with van der Waals surface area (Å²) in [7, 11) is 0. The van der Waals surface area contributed by atoms with E-state index in [0.717, 1.165) is 13.2 Å². The van der Waals surface area contributed by atoms with Crippen molar-refractivity contribution in [2.75, 3.05) is 26.3 Å². The van der Waals surface area contributed by atoms with E-state index in [1.807, 2.05) is 6.92 Å². The number of hydrogen-bond acceptors (Lipinski definition) is 3. The van der Waals surface area contributed by atoms with Crippen LogP contribution in [0.2, 0.25) is 0 Å². The Morgan fingerprint density at radius 3 is 2.30 bits per heavy atom. The van der Waals surface area contributed by atoms with Crippen molar-refractivity contribution in [3.8, 4) is 0 Å². The lowest BCUT2D eigenvalue weighted by Gasteiger charge is -2.46. The summed E-state index contributed by atoms with van der Waals surface area (Å²) < 4.78 is 11.6. The fourth-order valence-electron chi connectivity index (χ4n) is 3.55. The summed E-state index contributed by atoms with van der Waals surface area (Å²) in [6.45, 7) is 8.19. The SMILES string of the molecule is CC1OCC(C)(C(c2ccccc2)N2CCCC2)CO1. The van der Waals surface area contributed by atoms with E-state index in [1.165, 1.54) is 31.5 Å². The van der Waals surface area contributed by atoms with Crippen molar-refractivity contribution in [1.29, 1.82) is 0 Å². The van der Waals surface area contributed by atoms with E-state index in [0.29, 0.717) is 6.04 Å². The maximum absolute atomic E-state index is 5.81. The molecule has 3 rings (SSSR count). The number of nitrogens with zero attached hydrogens (tertiary/aromatic N) is 1. The van der Waals surface area contributed by atoms with Crippen LogP contribution >= 0.6 is 0 Å². The molecule has 1 unspecified atom stereocenters. The summed E-state index contributed by atoms with van der Waals surface area (Å²) in [5.74, 6) is 0. The van der Waals surface area contributed by atoms with Gasteiger partial charge in [0.15, 0.2) is 6.29 Å². The molecule has 1 atom stereocenters. The molecule has 3 nitrogen and oxygen atoms in total. The minimum Gasteiger partial charge on any atom is -0.352 e. The molecule has 0 spiro atoms. The largest absolute Gasteiger partial charge is 0.352 e. The van der Waals surface area contributed by atoms with Gasteiger partial charge in [0, 0.05) is 11.5 Å². The van der Waals surface area contributed by atoms with Gasteiger partial charge in [-0.3, -0.25) is 4.90 Å². The first-order valence-corrected chi connectivity index (χ1v) is 7.71. The highest BCUT2D eigenvalue weighted by molar-refractivity contribution is 5.22. The second-order valence-corrected chi connectivity index (χ2v) is 6.40. The van der Waals surface area contributed by atoms with Gasteiger partial charge in [-0.05, 0) is 38.4 Å². The van der Waals surface area contributed by atoms with Crippen LogP contribution in [0.15, 0.2) is 30.3 Å². The van der Waals surface area contributed by atoms with E-state index < -0.39 is 0 Å². The van der Waals surface area contributed by atoms with Gasteiger partial charge in [-0.25, -0.2) is 0 Å². The van der Waals surface area contributed by atoms with Crippen molar-refractivity contribution in [2.24, 2.45) is 5.41 Å². The van der Waals surface area contributed by atoms with Crippen LogP contribution in [0.4, 0.5) is 0 Å². The molecule has 0 amide bonds. The Labute approximate surface area is 121 Å². The summed E-state index contributed by atoms with van der Waals surface area (Å²) in [6, 6.07) is 11.2. The molecule has 2 saturated heterocycles. The quantitative estimate of drug-likeness (QED) is 0.845. The lowest BCUT2D eigenvalue weighted by atomic mass is 9.78. The summed E-state index contributed by atoms with van der Waals surface area (Å²) in [5, 5.41) is 0. The van der Waals surface area contributed by atoms with Crippen LogP contribution in [0.1, 0.15) is 38.3 Å². The highest BCUT2D eigenvalue weighted by atomic mass is 16.7. The number of benzene rings is 1. The molecular weight excluding hydrogens is 250 g/mol. The van der Waals surface area contributed by atoms with Crippen LogP contribution < -0.4 is 0 Å². The second kappa shape index (κ2) is 5.84. The van der Waals surface area contributed by atoms with Gasteiger partial charge in [0.05, 0.1) is 13.2 Å². The Morgan fingerprint density at radius 1 is 1.10 bits per heavy atom. The van der Waals surface area contributed by atoms with E-state index in [4.69, 9.17) is 9.47 Å². The molecule has 110 valence electrons. The lowest BCUT2D eigenvalue weighted by molar-refractivity contribution is -0.230. The van der Waals surface area contributed by atoms with E-state index >= 15 is 0 Å². The summed E-state index contributed by atoms with van der Waals surface area (Å²) in [5.41, 5.74) is 1.41. The Bertz CT molecular complexity index is 420. The van der Waals surface area contributed by atoms with Crippen molar-refractivity contribution in [3.05, 3.63) is 35.9 Å². The molecule has 2 heterocycles. The average molecular weight is 275 g/mol. The molecule has 2 aliphatic heterocycles. The molecule has 1 aromatic rings. The molecule has 0 aromatic heterocycles. The standard InChI is InChI=1S/C17H25NO2/c1-14-19-12-17(2,13-20-14)16(18-10-6-7-11-18)15-8-4-3-5-9-15/h3-5,8-9,14,16H,6-7,10-13H2,1-2H3. The third-order valence-electron chi connectivity index (χ3n) is 4.58. The monoisotopic (exact) mass is 275 g/mol. The van der Waals surface area contributed by atoms with Gasteiger partial charge >= 0.3 is 0 Å². The van der Waals surface area contributed by atoms with Crippen LogP contribution in [-0.4, -0.2) is 37.5 Å². The van der Waals surface area contributed by atoms with Crippen LogP contribution in [0.3, 0.4) is 0 Å². The molecule has 3 heteroatoms. The highest BCUT2D eigenvalue weighted by Crippen LogP contribution is 2.42. The van der Waals surface area contributed by atoms with Gasteiger partial charge in [-0.2, -0.15) is 0 Å². The molecule has 20 heavy (non-hydrogen) atoms.